The lowest BCUT2D eigenvalue weighted by Gasteiger charge is -2.17. The SMILES string of the molecule is CCC1OCCC1CNCc1ccc(CC(=O)O)cc1. The van der Waals surface area contributed by atoms with Crippen LogP contribution in [-0.4, -0.2) is 30.3 Å². The minimum atomic E-state index is -0.789. The lowest BCUT2D eigenvalue weighted by atomic mass is 9.99. The fourth-order valence-corrected chi connectivity index (χ4v) is 2.73. The van der Waals surface area contributed by atoms with Gasteiger partial charge in [0.05, 0.1) is 12.5 Å². The van der Waals surface area contributed by atoms with Crippen LogP contribution in [0.5, 0.6) is 0 Å². The van der Waals surface area contributed by atoms with Crippen molar-refractivity contribution in [2.75, 3.05) is 13.2 Å². The third-order valence-electron chi connectivity index (χ3n) is 3.86. The van der Waals surface area contributed by atoms with Gasteiger partial charge in [-0.1, -0.05) is 31.2 Å². The number of hydrogen-bond acceptors (Lipinski definition) is 3. The van der Waals surface area contributed by atoms with Gasteiger partial charge in [0, 0.05) is 19.7 Å². The van der Waals surface area contributed by atoms with Crippen LogP contribution in [0.3, 0.4) is 0 Å². The Bertz CT molecular complexity index is 430. The van der Waals surface area contributed by atoms with Gasteiger partial charge in [-0.3, -0.25) is 4.79 Å². The van der Waals surface area contributed by atoms with Crippen molar-refractivity contribution in [3.8, 4) is 0 Å². The number of carboxylic acid groups (broad SMARTS) is 1. The molecule has 0 spiro atoms. The van der Waals surface area contributed by atoms with Gasteiger partial charge >= 0.3 is 5.97 Å². The monoisotopic (exact) mass is 277 g/mol. The Balaban J connectivity index is 1.75. The first-order valence-corrected chi connectivity index (χ1v) is 7.31. The van der Waals surface area contributed by atoms with Crippen molar-refractivity contribution in [2.24, 2.45) is 5.92 Å². The molecule has 1 aromatic rings. The van der Waals surface area contributed by atoms with Crippen molar-refractivity contribution in [1.82, 2.24) is 5.32 Å². The minimum absolute atomic E-state index is 0.0886. The summed E-state index contributed by atoms with van der Waals surface area (Å²) >= 11 is 0. The van der Waals surface area contributed by atoms with Crippen molar-refractivity contribution >= 4 is 5.97 Å². The number of carbonyl (C=O) groups is 1. The van der Waals surface area contributed by atoms with Crippen LogP contribution in [0.25, 0.3) is 0 Å². The molecule has 0 saturated carbocycles. The number of aliphatic carboxylic acids is 1. The first-order valence-electron chi connectivity index (χ1n) is 7.31. The summed E-state index contributed by atoms with van der Waals surface area (Å²) in [5.74, 6) is -0.172. The molecule has 4 heteroatoms. The number of ether oxygens (including phenoxy) is 1. The topological polar surface area (TPSA) is 58.6 Å². The van der Waals surface area contributed by atoms with Gasteiger partial charge in [-0.05, 0) is 29.9 Å². The van der Waals surface area contributed by atoms with Crippen LogP contribution in [0.15, 0.2) is 24.3 Å². The van der Waals surface area contributed by atoms with E-state index in [0.717, 1.165) is 38.1 Å². The molecule has 1 aliphatic rings. The van der Waals surface area contributed by atoms with Gasteiger partial charge in [0.15, 0.2) is 0 Å². The molecular formula is C16H23NO3. The van der Waals surface area contributed by atoms with Crippen molar-refractivity contribution in [2.45, 2.75) is 38.8 Å². The summed E-state index contributed by atoms with van der Waals surface area (Å²) in [5, 5.41) is 12.2. The molecule has 0 aliphatic carbocycles. The summed E-state index contributed by atoms with van der Waals surface area (Å²) in [5.41, 5.74) is 2.03. The van der Waals surface area contributed by atoms with Crippen LogP contribution in [0.4, 0.5) is 0 Å². The normalized spacial score (nSPS) is 22.1. The highest BCUT2D eigenvalue weighted by Crippen LogP contribution is 2.22. The molecule has 110 valence electrons. The molecule has 1 heterocycles. The zero-order valence-electron chi connectivity index (χ0n) is 12.0. The van der Waals surface area contributed by atoms with Crippen LogP contribution in [0.1, 0.15) is 30.9 Å². The van der Waals surface area contributed by atoms with E-state index in [1.807, 2.05) is 24.3 Å². The summed E-state index contributed by atoms with van der Waals surface area (Å²) in [6.45, 7) is 4.86. The molecule has 1 aliphatic heterocycles. The maximum atomic E-state index is 10.6. The van der Waals surface area contributed by atoms with E-state index in [0.29, 0.717) is 12.0 Å². The van der Waals surface area contributed by atoms with E-state index in [2.05, 4.69) is 12.2 Å². The Labute approximate surface area is 120 Å². The van der Waals surface area contributed by atoms with Gasteiger partial charge in [0.2, 0.25) is 0 Å². The van der Waals surface area contributed by atoms with Gasteiger partial charge in [-0.15, -0.1) is 0 Å². The van der Waals surface area contributed by atoms with E-state index in [1.54, 1.807) is 0 Å². The average molecular weight is 277 g/mol. The van der Waals surface area contributed by atoms with Crippen molar-refractivity contribution in [1.29, 1.82) is 0 Å². The lowest BCUT2D eigenvalue weighted by molar-refractivity contribution is -0.136. The van der Waals surface area contributed by atoms with Crippen LogP contribution >= 0.6 is 0 Å². The fourth-order valence-electron chi connectivity index (χ4n) is 2.73. The van der Waals surface area contributed by atoms with E-state index in [4.69, 9.17) is 9.84 Å². The Morgan fingerprint density at radius 2 is 2.05 bits per heavy atom. The maximum Gasteiger partial charge on any atom is 0.307 e. The quantitative estimate of drug-likeness (QED) is 0.802. The fraction of sp³-hybridized carbons (Fsp3) is 0.562. The summed E-state index contributed by atoms with van der Waals surface area (Å²) in [6, 6.07) is 7.76. The predicted octanol–water partition coefficient (Wildman–Crippen LogP) is 2.22. The van der Waals surface area contributed by atoms with E-state index < -0.39 is 5.97 Å². The van der Waals surface area contributed by atoms with Crippen molar-refractivity contribution in [3.05, 3.63) is 35.4 Å². The molecule has 0 aromatic heterocycles. The molecule has 2 atom stereocenters. The van der Waals surface area contributed by atoms with Gasteiger partial charge in [-0.25, -0.2) is 0 Å². The molecule has 2 rings (SSSR count). The van der Waals surface area contributed by atoms with Crippen LogP contribution < -0.4 is 5.32 Å². The molecule has 0 bridgehead atoms. The minimum Gasteiger partial charge on any atom is -0.481 e. The molecule has 1 fully saturated rings. The summed E-state index contributed by atoms with van der Waals surface area (Å²) in [6.07, 6.45) is 2.71. The molecule has 2 unspecified atom stereocenters. The second-order valence-electron chi connectivity index (χ2n) is 5.38. The highest BCUT2D eigenvalue weighted by Gasteiger charge is 2.25. The molecular weight excluding hydrogens is 254 g/mol. The summed E-state index contributed by atoms with van der Waals surface area (Å²) in [4.78, 5) is 10.6. The largest absolute Gasteiger partial charge is 0.481 e. The number of carboxylic acids is 1. The Morgan fingerprint density at radius 3 is 2.70 bits per heavy atom. The molecule has 0 radical (unpaired) electrons. The van der Waals surface area contributed by atoms with E-state index in [9.17, 15) is 4.79 Å². The first-order chi connectivity index (χ1) is 9.69. The van der Waals surface area contributed by atoms with Crippen LogP contribution in [-0.2, 0) is 22.5 Å². The summed E-state index contributed by atoms with van der Waals surface area (Å²) in [7, 11) is 0. The molecule has 2 N–H and O–H groups in total. The zero-order valence-corrected chi connectivity index (χ0v) is 12.0. The number of benzene rings is 1. The van der Waals surface area contributed by atoms with Gasteiger partial charge in [0.1, 0.15) is 0 Å². The summed E-state index contributed by atoms with van der Waals surface area (Å²) < 4.78 is 5.67. The predicted molar refractivity (Wildman–Crippen MR) is 77.6 cm³/mol. The van der Waals surface area contributed by atoms with E-state index in [1.165, 1.54) is 5.56 Å². The average Bonchev–Trinajstić information content (AvgIpc) is 2.87. The van der Waals surface area contributed by atoms with Crippen LogP contribution in [0.2, 0.25) is 0 Å². The zero-order chi connectivity index (χ0) is 14.4. The van der Waals surface area contributed by atoms with Crippen molar-refractivity contribution < 1.29 is 14.6 Å². The standard InChI is InChI=1S/C16H23NO3/c1-2-15-14(7-8-20-15)11-17-10-13-5-3-12(4-6-13)9-16(18)19/h3-6,14-15,17H,2,7-11H2,1H3,(H,18,19). The highest BCUT2D eigenvalue weighted by atomic mass is 16.5. The van der Waals surface area contributed by atoms with Crippen LogP contribution in [0, 0.1) is 5.92 Å². The number of hydrogen-bond donors (Lipinski definition) is 2. The second-order valence-corrected chi connectivity index (χ2v) is 5.38. The highest BCUT2D eigenvalue weighted by molar-refractivity contribution is 5.70. The first kappa shape index (κ1) is 15.0. The molecule has 4 nitrogen and oxygen atoms in total. The Hall–Kier alpha value is -1.39. The molecule has 0 amide bonds. The van der Waals surface area contributed by atoms with Crippen molar-refractivity contribution in [3.63, 3.8) is 0 Å². The van der Waals surface area contributed by atoms with E-state index in [-0.39, 0.29) is 6.42 Å². The number of rotatable bonds is 7. The molecule has 1 saturated heterocycles. The molecule has 20 heavy (non-hydrogen) atoms. The van der Waals surface area contributed by atoms with Gasteiger partial charge in [0.25, 0.3) is 0 Å². The second kappa shape index (κ2) is 7.41. The number of nitrogens with one attached hydrogen (secondary N) is 1. The Morgan fingerprint density at radius 1 is 1.35 bits per heavy atom. The maximum absolute atomic E-state index is 10.6. The third-order valence-corrected chi connectivity index (χ3v) is 3.86. The lowest BCUT2D eigenvalue weighted by Crippen LogP contribution is -2.27. The van der Waals surface area contributed by atoms with Gasteiger partial charge < -0.3 is 15.2 Å². The van der Waals surface area contributed by atoms with Gasteiger partial charge in [-0.2, -0.15) is 0 Å². The Kier molecular flexibility index (Phi) is 5.56. The third kappa shape index (κ3) is 4.32. The molecule has 1 aromatic carbocycles. The van der Waals surface area contributed by atoms with E-state index >= 15 is 0 Å². The smallest absolute Gasteiger partial charge is 0.307 e.